The van der Waals surface area contributed by atoms with Crippen LogP contribution in [0.4, 0.5) is 0 Å². The maximum Gasteiger partial charge on any atom is 0.271 e. The Balaban J connectivity index is 1.57. The highest BCUT2D eigenvalue weighted by molar-refractivity contribution is 6.18. The number of nitrogens with zero attached hydrogens (tertiary/aromatic N) is 2. The van der Waals surface area contributed by atoms with Gasteiger partial charge in [0, 0.05) is 25.4 Å². The van der Waals surface area contributed by atoms with Crippen molar-refractivity contribution >= 4 is 17.7 Å². The van der Waals surface area contributed by atoms with Crippen molar-refractivity contribution in [2.45, 2.75) is 6.61 Å². The van der Waals surface area contributed by atoms with Gasteiger partial charge in [-0.15, -0.1) is 0 Å². The van der Waals surface area contributed by atoms with Gasteiger partial charge in [0.1, 0.15) is 18.1 Å². The summed E-state index contributed by atoms with van der Waals surface area (Å²) in [5, 5.41) is 0. The first-order valence-corrected chi connectivity index (χ1v) is 10.2. The van der Waals surface area contributed by atoms with Crippen LogP contribution in [0.5, 0.6) is 5.75 Å². The Morgan fingerprint density at radius 3 is 2.35 bits per heavy atom. The second kappa shape index (κ2) is 9.91. The second-order valence-corrected chi connectivity index (χ2v) is 7.19. The van der Waals surface area contributed by atoms with E-state index in [1.807, 2.05) is 54.6 Å². The summed E-state index contributed by atoms with van der Waals surface area (Å²) in [4.78, 5) is 27.3. The minimum Gasteiger partial charge on any atom is -0.489 e. The first-order chi connectivity index (χ1) is 15.2. The van der Waals surface area contributed by atoms with Gasteiger partial charge in [-0.3, -0.25) is 14.2 Å². The van der Waals surface area contributed by atoms with E-state index in [0.717, 1.165) is 16.9 Å². The summed E-state index contributed by atoms with van der Waals surface area (Å²) < 4.78 is 12.6. The number of morpholine rings is 1. The molecule has 1 fully saturated rings. The largest absolute Gasteiger partial charge is 0.489 e. The molecule has 6 heteroatoms. The quantitative estimate of drug-likeness (QED) is 0.579. The molecule has 0 radical (unpaired) electrons. The molecule has 31 heavy (non-hydrogen) atoms. The lowest BCUT2D eigenvalue weighted by Crippen LogP contribution is -2.42. The second-order valence-electron chi connectivity index (χ2n) is 7.19. The lowest BCUT2D eigenvalue weighted by molar-refractivity contribution is -0.129. The zero-order valence-corrected chi connectivity index (χ0v) is 17.1. The number of pyridine rings is 1. The highest BCUT2D eigenvalue weighted by Gasteiger charge is 2.22. The fourth-order valence-corrected chi connectivity index (χ4v) is 3.35. The lowest BCUT2D eigenvalue weighted by Gasteiger charge is -2.28. The third-order valence-corrected chi connectivity index (χ3v) is 5.03. The number of carbonyl (C=O) groups excluding carboxylic acids is 1. The maximum atomic E-state index is 13.2. The van der Waals surface area contributed by atoms with Gasteiger partial charge in [-0.1, -0.05) is 48.5 Å². The molecule has 1 aliphatic heterocycles. The SMILES string of the molecule is O=C(C(=Cc1ccc(OCc2ccccc2)cc1)n1ccccc1=O)N1CCOCC1. The molecule has 0 aliphatic carbocycles. The molecule has 2 aromatic carbocycles. The third kappa shape index (κ3) is 5.29. The Hall–Kier alpha value is -3.64. The van der Waals surface area contributed by atoms with E-state index in [-0.39, 0.29) is 11.5 Å². The summed E-state index contributed by atoms with van der Waals surface area (Å²) in [5.74, 6) is 0.542. The van der Waals surface area contributed by atoms with Crippen molar-refractivity contribution in [3.8, 4) is 5.75 Å². The Labute approximate surface area is 181 Å². The Morgan fingerprint density at radius 2 is 1.65 bits per heavy atom. The summed E-state index contributed by atoms with van der Waals surface area (Å²) in [6.45, 7) is 2.48. The zero-order valence-electron chi connectivity index (χ0n) is 17.1. The summed E-state index contributed by atoms with van der Waals surface area (Å²) in [6.07, 6.45) is 3.35. The molecule has 0 saturated carbocycles. The molecule has 6 nitrogen and oxygen atoms in total. The number of hydrogen-bond donors (Lipinski definition) is 0. The Morgan fingerprint density at radius 1 is 0.935 bits per heavy atom. The number of hydrogen-bond acceptors (Lipinski definition) is 4. The van der Waals surface area contributed by atoms with Crippen LogP contribution >= 0.6 is 0 Å². The molecule has 4 rings (SSSR count). The van der Waals surface area contributed by atoms with Crippen molar-refractivity contribution in [3.05, 3.63) is 100 Å². The van der Waals surface area contributed by atoms with Gasteiger partial charge >= 0.3 is 0 Å². The molecule has 1 aliphatic rings. The topological polar surface area (TPSA) is 60.8 Å². The standard InChI is InChI=1S/C25H24N2O4/c28-24-8-4-5-13-27(24)23(25(29)26-14-16-30-17-15-26)18-20-9-11-22(12-10-20)31-19-21-6-2-1-3-7-21/h1-13,18H,14-17,19H2. The summed E-state index contributed by atoms with van der Waals surface area (Å²) >= 11 is 0. The highest BCUT2D eigenvalue weighted by atomic mass is 16.5. The molecule has 0 spiro atoms. The van der Waals surface area contributed by atoms with Crippen molar-refractivity contribution < 1.29 is 14.3 Å². The van der Waals surface area contributed by atoms with Gasteiger partial charge in [0.25, 0.3) is 11.5 Å². The van der Waals surface area contributed by atoms with E-state index in [4.69, 9.17) is 9.47 Å². The van der Waals surface area contributed by atoms with Crippen LogP contribution in [0.1, 0.15) is 11.1 Å². The van der Waals surface area contributed by atoms with Crippen LogP contribution in [-0.2, 0) is 16.1 Å². The predicted molar refractivity (Wildman–Crippen MR) is 119 cm³/mol. The number of carbonyl (C=O) groups is 1. The molecule has 0 atom stereocenters. The zero-order chi connectivity index (χ0) is 21.5. The monoisotopic (exact) mass is 416 g/mol. The predicted octanol–water partition coefficient (Wildman–Crippen LogP) is 3.28. The fourth-order valence-electron chi connectivity index (χ4n) is 3.35. The van der Waals surface area contributed by atoms with Crippen LogP contribution in [0.3, 0.4) is 0 Å². The molecule has 2 heterocycles. The average molecular weight is 416 g/mol. The molecular weight excluding hydrogens is 392 g/mol. The van der Waals surface area contributed by atoms with Gasteiger partial charge in [-0.05, 0) is 35.4 Å². The first kappa shape index (κ1) is 20.6. The minimum absolute atomic E-state index is 0.194. The van der Waals surface area contributed by atoms with E-state index >= 15 is 0 Å². The highest BCUT2D eigenvalue weighted by Crippen LogP contribution is 2.19. The van der Waals surface area contributed by atoms with E-state index in [1.165, 1.54) is 10.6 Å². The van der Waals surface area contributed by atoms with Gasteiger partial charge in [-0.2, -0.15) is 0 Å². The molecule has 0 unspecified atom stereocenters. The van der Waals surface area contributed by atoms with Crippen LogP contribution in [0, 0.1) is 0 Å². The van der Waals surface area contributed by atoms with Crippen molar-refractivity contribution in [2.24, 2.45) is 0 Å². The van der Waals surface area contributed by atoms with Crippen molar-refractivity contribution in [1.29, 1.82) is 0 Å². The van der Waals surface area contributed by atoms with Crippen LogP contribution in [0.2, 0.25) is 0 Å². The third-order valence-electron chi connectivity index (χ3n) is 5.03. The molecule has 1 amide bonds. The van der Waals surface area contributed by atoms with Crippen LogP contribution < -0.4 is 10.3 Å². The summed E-state index contributed by atoms with van der Waals surface area (Å²) in [6, 6.07) is 22.3. The van der Waals surface area contributed by atoms with Crippen LogP contribution in [-0.4, -0.2) is 41.7 Å². The summed E-state index contributed by atoms with van der Waals surface area (Å²) in [7, 11) is 0. The smallest absolute Gasteiger partial charge is 0.271 e. The summed E-state index contributed by atoms with van der Waals surface area (Å²) in [5.41, 5.74) is 1.95. The van der Waals surface area contributed by atoms with Crippen molar-refractivity contribution in [3.63, 3.8) is 0 Å². The number of rotatable bonds is 6. The van der Waals surface area contributed by atoms with Crippen molar-refractivity contribution in [2.75, 3.05) is 26.3 Å². The maximum absolute atomic E-state index is 13.2. The molecule has 3 aromatic rings. The molecule has 1 aromatic heterocycles. The van der Waals surface area contributed by atoms with Gasteiger partial charge in [0.2, 0.25) is 0 Å². The van der Waals surface area contributed by atoms with Gasteiger partial charge in [0.05, 0.1) is 13.2 Å². The van der Waals surface area contributed by atoms with Crippen LogP contribution in [0.25, 0.3) is 11.8 Å². The Kier molecular flexibility index (Phi) is 6.59. The number of benzene rings is 2. The normalized spacial score (nSPS) is 14.3. The van der Waals surface area contributed by atoms with Crippen molar-refractivity contribution in [1.82, 2.24) is 9.47 Å². The van der Waals surface area contributed by atoms with E-state index in [9.17, 15) is 9.59 Å². The van der Waals surface area contributed by atoms with Gasteiger partial charge in [-0.25, -0.2) is 0 Å². The minimum atomic E-state index is -0.252. The lowest BCUT2D eigenvalue weighted by atomic mass is 10.1. The average Bonchev–Trinajstić information content (AvgIpc) is 2.83. The van der Waals surface area contributed by atoms with Crippen LogP contribution in [0.15, 0.2) is 83.8 Å². The van der Waals surface area contributed by atoms with Gasteiger partial charge < -0.3 is 14.4 Å². The molecule has 1 saturated heterocycles. The number of amides is 1. The molecule has 0 N–H and O–H groups in total. The van der Waals surface area contributed by atoms with E-state index < -0.39 is 0 Å². The Bertz CT molecular complexity index is 1100. The van der Waals surface area contributed by atoms with Gasteiger partial charge in [0.15, 0.2) is 0 Å². The molecule has 158 valence electrons. The van der Waals surface area contributed by atoms with E-state index in [1.54, 1.807) is 29.3 Å². The van der Waals surface area contributed by atoms with E-state index in [0.29, 0.717) is 38.6 Å². The number of aromatic nitrogens is 1. The first-order valence-electron chi connectivity index (χ1n) is 10.2. The fraction of sp³-hybridized carbons (Fsp3) is 0.200. The number of ether oxygens (including phenoxy) is 2. The van der Waals surface area contributed by atoms with E-state index in [2.05, 4.69) is 0 Å². The molecule has 0 bridgehead atoms. The molecular formula is C25H24N2O4.